The van der Waals surface area contributed by atoms with Crippen LogP contribution in [-0.4, -0.2) is 50.7 Å². The Hall–Kier alpha value is -1.44. The number of thiophene rings is 1. The minimum Gasteiger partial charge on any atom is -0.462 e. The minimum absolute atomic E-state index is 0.138. The summed E-state index contributed by atoms with van der Waals surface area (Å²) in [5.74, 6) is -0.175. The number of aliphatic hydroxyl groups excluding tert-OH is 1. The molecule has 0 radical (unpaired) electrons. The summed E-state index contributed by atoms with van der Waals surface area (Å²) in [7, 11) is 1.86. The molecule has 0 saturated carbocycles. The fraction of sp³-hybridized carbons (Fsp3) is 0.647. The molecule has 1 aromatic rings. The van der Waals surface area contributed by atoms with E-state index in [0.717, 1.165) is 29.7 Å². The molecule has 0 bridgehead atoms. The Labute approximate surface area is 147 Å². The number of nitrogens with one attached hydrogen (secondary N) is 2. The number of aryl methyl sites for hydroxylation is 1. The van der Waals surface area contributed by atoms with Crippen LogP contribution in [-0.2, 0) is 22.4 Å². The zero-order chi connectivity index (χ0) is 17.8. The van der Waals surface area contributed by atoms with E-state index in [0.29, 0.717) is 26.1 Å². The zero-order valence-electron chi connectivity index (χ0n) is 14.5. The molecule has 7 heteroatoms. The average molecular weight is 356 g/mol. The summed E-state index contributed by atoms with van der Waals surface area (Å²) in [5, 5.41) is 15.1. The number of fused-ring (bicyclic) bond motifs is 1. The lowest BCUT2D eigenvalue weighted by Crippen LogP contribution is -2.19. The highest BCUT2D eigenvalue weighted by Gasteiger charge is 2.25. The van der Waals surface area contributed by atoms with Crippen molar-refractivity contribution in [3.8, 4) is 0 Å². The van der Waals surface area contributed by atoms with Gasteiger partial charge in [-0.05, 0) is 38.2 Å². The van der Waals surface area contributed by atoms with Gasteiger partial charge in [0.25, 0.3) is 0 Å². The topological polar surface area (TPSA) is 87.7 Å². The average Bonchev–Trinajstić information content (AvgIpc) is 2.98. The lowest BCUT2D eigenvalue weighted by Gasteiger charge is -2.12. The summed E-state index contributed by atoms with van der Waals surface area (Å²) in [6.45, 7) is 3.67. The summed E-state index contributed by atoms with van der Waals surface area (Å²) in [6, 6.07) is 0. The first-order valence-corrected chi connectivity index (χ1v) is 9.25. The maximum absolute atomic E-state index is 11.9. The molecule has 0 aromatic carbocycles. The molecule has 0 unspecified atom stereocenters. The second kappa shape index (κ2) is 12.0. The third kappa shape index (κ3) is 6.22. The Morgan fingerprint density at radius 2 is 2.08 bits per heavy atom. The highest BCUT2D eigenvalue weighted by atomic mass is 32.1. The second-order valence-corrected chi connectivity index (χ2v) is 6.42. The van der Waals surface area contributed by atoms with Crippen LogP contribution in [0.4, 0.5) is 5.00 Å². The molecule has 0 atom stereocenters. The van der Waals surface area contributed by atoms with Gasteiger partial charge in [0.2, 0.25) is 0 Å². The van der Waals surface area contributed by atoms with Gasteiger partial charge in [0, 0.05) is 31.4 Å². The smallest absolute Gasteiger partial charge is 0.341 e. The Morgan fingerprint density at radius 3 is 2.71 bits per heavy atom. The Bertz CT molecular complexity index is 517. The van der Waals surface area contributed by atoms with Crippen molar-refractivity contribution in [2.75, 3.05) is 38.7 Å². The maximum atomic E-state index is 11.9. The van der Waals surface area contributed by atoms with E-state index >= 15 is 0 Å². The number of ether oxygens (including phenoxy) is 1. The lowest BCUT2D eigenvalue weighted by atomic mass is 9.95. The molecule has 6 nitrogen and oxygen atoms in total. The fourth-order valence-electron chi connectivity index (χ4n) is 2.53. The maximum Gasteiger partial charge on any atom is 0.341 e. The molecule has 24 heavy (non-hydrogen) atoms. The number of aliphatic hydroxyl groups is 1. The number of aldehydes is 1. The van der Waals surface area contributed by atoms with Crippen LogP contribution in [0.15, 0.2) is 0 Å². The molecule has 1 aliphatic carbocycles. The van der Waals surface area contributed by atoms with E-state index in [9.17, 15) is 9.59 Å². The zero-order valence-corrected chi connectivity index (χ0v) is 15.3. The molecular weight excluding hydrogens is 328 g/mol. The molecular formula is C17H28N2O4S. The van der Waals surface area contributed by atoms with Crippen molar-refractivity contribution in [2.24, 2.45) is 0 Å². The van der Waals surface area contributed by atoms with Crippen LogP contribution in [0.5, 0.6) is 0 Å². The molecule has 1 aromatic heterocycles. The van der Waals surface area contributed by atoms with Crippen LogP contribution >= 0.6 is 11.3 Å². The first-order valence-electron chi connectivity index (χ1n) is 8.44. The van der Waals surface area contributed by atoms with Crippen molar-refractivity contribution in [1.82, 2.24) is 5.32 Å². The van der Waals surface area contributed by atoms with Gasteiger partial charge in [-0.1, -0.05) is 0 Å². The third-order valence-electron chi connectivity index (χ3n) is 3.61. The van der Waals surface area contributed by atoms with Gasteiger partial charge in [0.1, 0.15) is 11.3 Å². The summed E-state index contributed by atoms with van der Waals surface area (Å²) in [5.41, 5.74) is 2.00. The molecule has 1 aliphatic rings. The largest absolute Gasteiger partial charge is 0.462 e. The Balaban J connectivity index is 0.000000307. The summed E-state index contributed by atoms with van der Waals surface area (Å²) < 4.78 is 5.12. The van der Waals surface area contributed by atoms with Crippen LogP contribution < -0.4 is 10.6 Å². The number of hydrogen-bond donors (Lipinski definition) is 3. The SMILES string of the molecule is CCOC(=O)c1c(NC)sc2c1CCCC2.O=CCCNCCO. The van der Waals surface area contributed by atoms with Crippen LogP contribution in [0.25, 0.3) is 0 Å². The number of carbonyl (C=O) groups excluding carboxylic acids is 2. The standard InChI is InChI=1S/C12H17NO2S.C5H11NO2/c1-3-15-12(14)10-8-6-4-5-7-9(8)16-11(10)13-2;7-4-1-2-6-3-5-8/h13H,3-7H2,1-2H3;4,6,8H,1-3,5H2. The Kier molecular flexibility index (Phi) is 10.3. The van der Waals surface area contributed by atoms with Crippen LogP contribution in [0, 0.1) is 0 Å². The van der Waals surface area contributed by atoms with E-state index in [1.54, 1.807) is 11.3 Å². The summed E-state index contributed by atoms with van der Waals surface area (Å²) >= 11 is 1.70. The van der Waals surface area contributed by atoms with Crippen molar-refractivity contribution < 1.29 is 19.4 Å². The number of esters is 1. The molecule has 0 saturated heterocycles. The van der Waals surface area contributed by atoms with E-state index < -0.39 is 0 Å². The molecule has 2 rings (SSSR count). The van der Waals surface area contributed by atoms with Gasteiger partial charge >= 0.3 is 5.97 Å². The van der Waals surface area contributed by atoms with Gasteiger partial charge in [0.15, 0.2) is 0 Å². The highest BCUT2D eigenvalue weighted by Crippen LogP contribution is 2.38. The van der Waals surface area contributed by atoms with Crippen molar-refractivity contribution in [3.05, 3.63) is 16.0 Å². The van der Waals surface area contributed by atoms with E-state index in [4.69, 9.17) is 9.84 Å². The quantitative estimate of drug-likeness (QED) is 0.375. The summed E-state index contributed by atoms with van der Waals surface area (Å²) in [4.78, 5) is 22.9. The number of rotatable bonds is 8. The van der Waals surface area contributed by atoms with E-state index in [1.807, 2.05) is 14.0 Å². The monoisotopic (exact) mass is 356 g/mol. The third-order valence-corrected chi connectivity index (χ3v) is 4.91. The van der Waals surface area contributed by atoms with Crippen molar-refractivity contribution >= 4 is 28.6 Å². The lowest BCUT2D eigenvalue weighted by molar-refractivity contribution is -0.107. The fourth-order valence-corrected chi connectivity index (χ4v) is 3.76. The van der Waals surface area contributed by atoms with E-state index in [-0.39, 0.29) is 12.6 Å². The van der Waals surface area contributed by atoms with Crippen LogP contribution in [0.2, 0.25) is 0 Å². The minimum atomic E-state index is -0.175. The molecule has 0 aliphatic heterocycles. The summed E-state index contributed by atoms with van der Waals surface area (Å²) in [6.07, 6.45) is 5.92. The van der Waals surface area contributed by atoms with Crippen molar-refractivity contribution in [2.45, 2.75) is 39.0 Å². The molecule has 0 amide bonds. The normalized spacial score (nSPS) is 12.6. The van der Waals surface area contributed by atoms with Crippen LogP contribution in [0.1, 0.15) is 47.0 Å². The van der Waals surface area contributed by atoms with Crippen molar-refractivity contribution in [1.29, 1.82) is 0 Å². The predicted molar refractivity (Wildman–Crippen MR) is 97.1 cm³/mol. The number of hydrogen-bond acceptors (Lipinski definition) is 7. The molecule has 136 valence electrons. The Morgan fingerprint density at radius 1 is 1.33 bits per heavy atom. The van der Waals surface area contributed by atoms with E-state index in [2.05, 4.69) is 10.6 Å². The predicted octanol–water partition coefficient (Wildman–Crippen LogP) is 2.00. The molecule has 0 fully saturated rings. The van der Waals surface area contributed by atoms with Gasteiger partial charge in [-0.25, -0.2) is 4.79 Å². The molecule has 1 heterocycles. The first-order chi connectivity index (χ1) is 11.7. The highest BCUT2D eigenvalue weighted by molar-refractivity contribution is 7.16. The number of carbonyl (C=O) groups is 2. The van der Waals surface area contributed by atoms with Gasteiger partial charge in [-0.15, -0.1) is 11.3 Å². The number of anilines is 1. The van der Waals surface area contributed by atoms with Gasteiger partial charge < -0.3 is 25.3 Å². The van der Waals surface area contributed by atoms with Gasteiger partial charge in [-0.2, -0.15) is 0 Å². The second-order valence-electron chi connectivity index (χ2n) is 5.31. The molecule has 3 N–H and O–H groups in total. The first kappa shape index (κ1) is 20.6. The van der Waals surface area contributed by atoms with Crippen LogP contribution in [0.3, 0.4) is 0 Å². The van der Waals surface area contributed by atoms with E-state index in [1.165, 1.54) is 23.3 Å². The molecule has 0 spiro atoms. The van der Waals surface area contributed by atoms with Crippen molar-refractivity contribution in [3.63, 3.8) is 0 Å². The van der Waals surface area contributed by atoms with Gasteiger partial charge in [-0.3, -0.25) is 0 Å². The van der Waals surface area contributed by atoms with Gasteiger partial charge in [0.05, 0.1) is 18.8 Å².